The second kappa shape index (κ2) is 3.61. The molecule has 1 aromatic heterocycles. The quantitative estimate of drug-likeness (QED) is 0.731. The highest BCUT2D eigenvalue weighted by Gasteiger charge is 2.47. The van der Waals surface area contributed by atoms with E-state index in [2.05, 4.69) is 20.6 Å². The Bertz CT molecular complexity index is 435. The summed E-state index contributed by atoms with van der Waals surface area (Å²) in [5.74, 6) is 0.231. The van der Waals surface area contributed by atoms with Crippen molar-refractivity contribution in [1.82, 2.24) is 25.5 Å². The number of imide groups is 1. The Morgan fingerprint density at radius 1 is 1.29 bits per heavy atom. The van der Waals surface area contributed by atoms with Crippen molar-refractivity contribution in [2.75, 3.05) is 0 Å². The number of aromatic amines is 1. The molecule has 90 valence electrons. The summed E-state index contributed by atoms with van der Waals surface area (Å²) in [7, 11) is 0. The smallest absolute Gasteiger partial charge is 0.232 e. The van der Waals surface area contributed by atoms with Gasteiger partial charge in [0, 0.05) is 11.8 Å². The molecule has 2 fully saturated rings. The lowest BCUT2D eigenvalue weighted by Gasteiger charge is -2.32. The molecule has 1 N–H and O–H groups in total. The number of hydrogen-bond acceptors (Lipinski definition) is 5. The fourth-order valence-electron chi connectivity index (χ4n) is 2.78. The highest BCUT2D eigenvalue weighted by molar-refractivity contribution is 6.01. The van der Waals surface area contributed by atoms with Crippen molar-refractivity contribution in [3.8, 4) is 0 Å². The average Bonchev–Trinajstić information content (AvgIpc) is 2.98. The number of carbonyl (C=O) groups is 2. The van der Waals surface area contributed by atoms with E-state index < -0.39 is 6.04 Å². The van der Waals surface area contributed by atoms with Crippen LogP contribution in [-0.4, -0.2) is 37.3 Å². The van der Waals surface area contributed by atoms with Crippen LogP contribution in [0.25, 0.3) is 0 Å². The topological polar surface area (TPSA) is 91.8 Å². The van der Waals surface area contributed by atoms with Gasteiger partial charge in [0.25, 0.3) is 0 Å². The van der Waals surface area contributed by atoms with Gasteiger partial charge in [0.2, 0.25) is 11.8 Å². The van der Waals surface area contributed by atoms with Gasteiger partial charge in [-0.3, -0.25) is 14.5 Å². The number of carbonyl (C=O) groups excluding carboxylic acids is 2. The largest absolute Gasteiger partial charge is 0.274 e. The summed E-state index contributed by atoms with van der Waals surface area (Å²) >= 11 is 0. The molecule has 2 amide bonds. The number of likely N-dealkylation sites (tertiary alicyclic amines) is 1. The molecule has 3 atom stereocenters. The van der Waals surface area contributed by atoms with Crippen LogP contribution in [-0.2, 0) is 9.59 Å². The minimum atomic E-state index is -0.433. The molecule has 2 aliphatic rings. The van der Waals surface area contributed by atoms with Gasteiger partial charge in [-0.1, -0.05) is 5.21 Å². The Kier molecular flexibility index (Phi) is 2.20. The minimum absolute atomic E-state index is 0.00653. The molecule has 7 heteroatoms. The molecule has 1 saturated heterocycles. The predicted molar refractivity (Wildman–Crippen MR) is 55.3 cm³/mol. The van der Waals surface area contributed by atoms with Crippen LogP contribution in [0, 0.1) is 11.8 Å². The lowest BCUT2D eigenvalue weighted by atomic mass is 9.95. The molecule has 3 unspecified atom stereocenters. The van der Waals surface area contributed by atoms with E-state index in [1.165, 1.54) is 4.90 Å². The third-order valence-electron chi connectivity index (χ3n) is 3.73. The Morgan fingerprint density at radius 2 is 1.94 bits per heavy atom. The van der Waals surface area contributed by atoms with Crippen molar-refractivity contribution in [2.45, 2.75) is 32.2 Å². The molecule has 1 saturated carbocycles. The fourth-order valence-corrected chi connectivity index (χ4v) is 2.78. The fraction of sp³-hybridized carbons (Fsp3) is 0.700. The lowest BCUT2D eigenvalue weighted by molar-refractivity contribution is -0.155. The zero-order valence-corrected chi connectivity index (χ0v) is 9.46. The molecule has 0 spiro atoms. The number of rotatable bonds is 2. The maximum Gasteiger partial charge on any atom is 0.232 e. The van der Waals surface area contributed by atoms with Gasteiger partial charge in [-0.05, 0) is 26.2 Å². The maximum atomic E-state index is 12.1. The van der Waals surface area contributed by atoms with E-state index in [1.54, 1.807) is 6.92 Å². The standard InChI is InChI=1S/C10H13N5O2/c1-5(8-11-13-14-12-8)15-9(16)6-2-3-7(4-6)10(15)17/h5-7H,2-4H2,1H3,(H,11,12,13,14). The van der Waals surface area contributed by atoms with E-state index in [0.717, 1.165) is 12.8 Å². The van der Waals surface area contributed by atoms with Crippen LogP contribution in [0.5, 0.6) is 0 Å². The van der Waals surface area contributed by atoms with E-state index in [4.69, 9.17) is 0 Å². The van der Waals surface area contributed by atoms with Gasteiger partial charge in [0.15, 0.2) is 5.82 Å². The first-order chi connectivity index (χ1) is 8.18. The number of piperidine rings is 1. The number of aromatic nitrogens is 4. The summed E-state index contributed by atoms with van der Waals surface area (Å²) in [6.07, 6.45) is 2.36. The van der Waals surface area contributed by atoms with Crippen LogP contribution in [0.4, 0.5) is 0 Å². The van der Waals surface area contributed by atoms with Crippen LogP contribution in [0.2, 0.25) is 0 Å². The van der Waals surface area contributed by atoms with Gasteiger partial charge in [0.05, 0.1) is 0 Å². The minimum Gasteiger partial charge on any atom is -0.274 e. The first-order valence-electron chi connectivity index (χ1n) is 5.78. The van der Waals surface area contributed by atoms with Gasteiger partial charge < -0.3 is 0 Å². The summed E-state index contributed by atoms with van der Waals surface area (Å²) in [4.78, 5) is 25.6. The number of nitrogens with zero attached hydrogens (tertiary/aromatic N) is 4. The van der Waals surface area contributed by atoms with Crippen LogP contribution in [0.1, 0.15) is 38.1 Å². The summed E-state index contributed by atoms with van der Waals surface area (Å²) in [6, 6.07) is -0.433. The zero-order valence-electron chi connectivity index (χ0n) is 9.46. The van der Waals surface area contributed by atoms with Crippen molar-refractivity contribution in [1.29, 1.82) is 0 Å². The van der Waals surface area contributed by atoms with Crippen LogP contribution in [0.15, 0.2) is 0 Å². The molecule has 2 heterocycles. The molecule has 7 nitrogen and oxygen atoms in total. The molecular weight excluding hydrogens is 222 g/mol. The van der Waals surface area contributed by atoms with Gasteiger partial charge in [-0.25, -0.2) is 0 Å². The normalized spacial score (nSPS) is 29.8. The first-order valence-corrected chi connectivity index (χ1v) is 5.78. The van der Waals surface area contributed by atoms with Crippen LogP contribution >= 0.6 is 0 Å². The van der Waals surface area contributed by atoms with Crippen molar-refractivity contribution < 1.29 is 9.59 Å². The van der Waals surface area contributed by atoms with Crippen LogP contribution < -0.4 is 0 Å². The van der Waals surface area contributed by atoms with E-state index in [9.17, 15) is 9.59 Å². The number of H-pyrrole nitrogens is 1. The number of fused-ring (bicyclic) bond motifs is 2. The Labute approximate surface area is 97.6 Å². The monoisotopic (exact) mass is 235 g/mol. The molecule has 17 heavy (non-hydrogen) atoms. The van der Waals surface area contributed by atoms with E-state index in [1.807, 2.05) is 0 Å². The highest BCUT2D eigenvalue weighted by atomic mass is 16.2. The molecule has 1 aromatic rings. The summed E-state index contributed by atoms with van der Waals surface area (Å²) in [5.41, 5.74) is 0. The van der Waals surface area contributed by atoms with E-state index >= 15 is 0 Å². The summed E-state index contributed by atoms with van der Waals surface area (Å²) in [5, 5.41) is 13.5. The van der Waals surface area contributed by atoms with Crippen molar-refractivity contribution >= 4 is 11.8 Å². The molecular formula is C10H13N5O2. The van der Waals surface area contributed by atoms with Gasteiger partial charge in [0.1, 0.15) is 6.04 Å². The second-order valence-electron chi connectivity index (χ2n) is 4.70. The Hall–Kier alpha value is -1.79. The lowest BCUT2D eigenvalue weighted by Crippen LogP contribution is -2.47. The van der Waals surface area contributed by atoms with Crippen LogP contribution in [0.3, 0.4) is 0 Å². The second-order valence-corrected chi connectivity index (χ2v) is 4.70. The Morgan fingerprint density at radius 3 is 2.47 bits per heavy atom. The molecule has 0 radical (unpaired) electrons. The molecule has 1 aliphatic carbocycles. The predicted octanol–water partition coefficient (Wildman–Crippen LogP) is 0.0458. The number of amides is 2. The van der Waals surface area contributed by atoms with Crippen molar-refractivity contribution in [3.63, 3.8) is 0 Å². The van der Waals surface area contributed by atoms with Crippen molar-refractivity contribution in [3.05, 3.63) is 5.82 Å². The van der Waals surface area contributed by atoms with Crippen molar-refractivity contribution in [2.24, 2.45) is 11.8 Å². The van der Waals surface area contributed by atoms with E-state index in [-0.39, 0.29) is 23.7 Å². The SMILES string of the molecule is CC(c1nn[nH]n1)N1C(=O)C2CCC(C2)C1=O. The molecule has 2 bridgehead atoms. The van der Waals surface area contributed by atoms with Gasteiger partial charge >= 0.3 is 0 Å². The number of nitrogens with one attached hydrogen (secondary N) is 1. The zero-order chi connectivity index (χ0) is 12.0. The third-order valence-corrected chi connectivity index (χ3v) is 3.73. The molecule has 1 aliphatic heterocycles. The summed E-state index contributed by atoms with van der Waals surface area (Å²) in [6.45, 7) is 1.76. The number of hydrogen-bond donors (Lipinski definition) is 1. The average molecular weight is 235 g/mol. The molecule has 3 rings (SSSR count). The Balaban J connectivity index is 1.91. The first kappa shape index (κ1) is 10.4. The van der Waals surface area contributed by atoms with Gasteiger partial charge in [-0.2, -0.15) is 5.21 Å². The summed E-state index contributed by atoms with van der Waals surface area (Å²) < 4.78 is 0. The van der Waals surface area contributed by atoms with E-state index in [0.29, 0.717) is 12.2 Å². The highest BCUT2D eigenvalue weighted by Crippen LogP contribution is 2.40. The third kappa shape index (κ3) is 1.45. The molecule has 0 aromatic carbocycles. The number of tetrazole rings is 1. The van der Waals surface area contributed by atoms with Gasteiger partial charge in [-0.15, -0.1) is 10.2 Å². The maximum absolute atomic E-state index is 12.1.